The van der Waals surface area contributed by atoms with E-state index in [1.54, 1.807) is 55.5 Å². The number of likely N-dealkylation sites (tertiary alicyclic amines) is 1. The van der Waals surface area contributed by atoms with Gasteiger partial charge in [0.25, 0.3) is 0 Å². The number of carboxylic acids is 1. The summed E-state index contributed by atoms with van der Waals surface area (Å²) in [7, 11) is 0. The van der Waals surface area contributed by atoms with E-state index < -0.39 is 42.3 Å². The van der Waals surface area contributed by atoms with Crippen LogP contribution in [0.5, 0.6) is 0 Å². The summed E-state index contributed by atoms with van der Waals surface area (Å²) in [5, 5.41) is 9.54. The molecule has 0 radical (unpaired) electrons. The van der Waals surface area contributed by atoms with Crippen molar-refractivity contribution < 1.29 is 33.8 Å². The molecule has 2 aromatic rings. The number of carbonyl (C=O) groups is 4. The maximum atomic E-state index is 13.4. The zero-order valence-corrected chi connectivity index (χ0v) is 19.8. The molecule has 3 rings (SSSR count). The average Bonchev–Trinajstić information content (AvgIpc) is 3.21. The zero-order chi connectivity index (χ0) is 25.5. The summed E-state index contributed by atoms with van der Waals surface area (Å²) in [6.45, 7) is 7.20. The highest BCUT2D eigenvalue weighted by molar-refractivity contribution is 6.00. The average molecular weight is 480 g/mol. The molecule has 184 valence electrons. The van der Waals surface area contributed by atoms with E-state index in [1.165, 1.54) is 0 Å². The fourth-order valence-electron chi connectivity index (χ4n) is 4.30. The number of ketones is 1. The van der Waals surface area contributed by atoms with Crippen LogP contribution in [0.4, 0.5) is 4.79 Å². The third-order valence-electron chi connectivity index (χ3n) is 6.03. The Bertz CT molecular complexity index is 1090. The van der Waals surface area contributed by atoms with Crippen molar-refractivity contribution in [2.45, 2.75) is 32.9 Å². The van der Waals surface area contributed by atoms with Crippen LogP contribution in [0, 0.1) is 11.8 Å². The van der Waals surface area contributed by atoms with Gasteiger partial charge in [-0.25, -0.2) is 9.59 Å². The SMILES string of the molecule is C=C(C)c1ccc(C(=O)[C@H]2CN(C(=O)OCc3ccccc3)[C@H](C(=O)OCC)[C@H]2CC(=O)O)cc1. The zero-order valence-electron chi connectivity index (χ0n) is 19.8. The lowest BCUT2D eigenvalue weighted by atomic mass is 9.82. The summed E-state index contributed by atoms with van der Waals surface area (Å²) in [6, 6.07) is 14.5. The normalized spacial score (nSPS) is 19.1. The molecular weight excluding hydrogens is 450 g/mol. The molecule has 8 nitrogen and oxygen atoms in total. The Kier molecular flexibility index (Phi) is 8.41. The topological polar surface area (TPSA) is 110 Å². The van der Waals surface area contributed by atoms with Crippen LogP contribution in [0.1, 0.15) is 41.8 Å². The van der Waals surface area contributed by atoms with Crippen LogP contribution >= 0.6 is 0 Å². The van der Waals surface area contributed by atoms with E-state index in [9.17, 15) is 24.3 Å². The molecule has 1 aliphatic rings. The van der Waals surface area contributed by atoms with Gasteiger partial charge in [0.15, 0.2) is 5.78 Å². The van der Waals surface area contributed by atoms with Crippen molar-refractivity contribution in [3.8, 4) is 0 Å². The van der Waals surface area contributed by atoms with Crippen molar-refractivity contribution in [3.63, 3.8) is 0 Å². The first kappa shape index (κ1) is 25.7. The van der Waals surface area contributed by atoms with Crippen molar-refractivity contribution in [2.75, 3.05) is 13.2 Å². The summed E-state index contributed by atoms with van der Waals surface area (Å²) in [5.41, 5.74) is 2.81. The molecule has 1 fully saturated rings. The first-order chi connectivity index (χ1) is 16.7. The van der Waals surface area contributed by atoms with E-state index in [1.807, 2.05) is 13.0 Å². The standard InChI is InChI=1S/C27H29NO7/c1-4-34-26(32)24-21(14-23(29)30)22(25(31)20-12-10-19(11-13-20)17(2)3)15-28(24)27(33)35-16-18-8-6-5-7-9-18/h5-13,21-22,24H,2,4,14-16H2,1,3H3,(H,29,30)/t21-,22-,24-/m0/s1. The number of Topliss-reactive ketones (excluding diaryl/α,β-unsaturated/α-hetero) is 1. The third-order valence-corrected chi connectivity index (χ3v) is 6.03. The molecule has 1 heterocycles. The second-order valence-electron chi connectivity index (χ2n) is 8.48. The van der Waals surface area contributed by atoms with E-state index in [4.69, 9.17) is 9.47 Å². The molecule has 0 saturated carbocycles. The molecule has 2 aromatic carbocycles. The van der Waals surface area contributed by atoms with Crippen LogP contribution in [0.2, 0.25) is 0 Å². The second kappa shape index (κ2) is 11.5. The number of aliphatic carboxylic acids is 1. The monoisotopic (exact) mass is 479 g/mol. The van der Waals surface area contributed by atoms with E-state index in [-0.39, 0.29) is 25.5 Å². The van der Waals surface area contributed by atoms with E-state index in [0.717, 1.165) is 21.6 Å². The van der Waals surface area contributed by atoms with Gasteiger partial charge in [0, 0.05) is 23.9 Å². The lowest BCUT2D eigenvalue weighted by Gasteiger charge is -2.25. The van der Waals surface area contributed by atoms with Crippen molar-refractivity contribution in [1.82, 2.24) is 4.90 Å². The Hall–Kier alpha value is -3.94. The molecule has 3 atom stereocenters. The van der Waals surface area contributed by atoms with Gasteiger partial charge in [0.2, 0.25) is 0 Å². The maximum Gasteiger partial charge on any atom is 0.410 e. The number of nitrogens with zero attached hydrogens (tertiary/aromatic N) is 1. The van der Waals surface area contributed by atoms with Crippen LogP contribution in [-0.2, 0) is 25.7 Å². The minimum absolute atomic E-state index is 0.0315. The van der Waals surface area contributed by atoms with Crippen LogP contribution < -0.4 is 0 Å². The fourth-order valence-corrected chi connectivity index (χ4v) is 4.30. The third kappa shape index (κ3) is 6.15. The first-order valence-corrected chi connectivity index (χ1v) is 11.4. The predicted octanol–water partition coefficient (Wildman–Crippen LogP) is 4.19. The van der Waals surface area contributed by atoms with Gasteiger partial charge in [-0.2, -0.15) is 0 Å². The minimum Gasteiger partial charge on any atom is -0.481 e. The van der Waals surface area contributed by atoms with Crippen LogP contribution in [0.25, 0.3) is 5.57 Å². The van der Waals surface area contributed by atoms with Gasteiger partial charge in [-0.05, 0) is 25.0 Å². The molecule has 0 unspecified atom stereocenters. The number of hydrogen-bond donors (Lipinski definition) is 1. The number of carbonyl (C=O) groups excluding carboxylic acids is 3. The van der Waals surface area contributed by atoms with Crippen LogP contribution in [0.15, 0.2) is 61.2 Å². The molecular formula is C27H29NO7. The van der Waals surface area contributed by atoms with Gasteiger partial charge in [0.05, 0.1) is 13.0 Å². The first-order valence-electron chi connectivity index (χ1n) is 11.4. The number of benzene rings is 2. The maximum absolute atomic E-state index is 13.4. The van der Waals surface area contributed by atoms with Gasteiger partial charge in [-0.1, -0.05) is 66.7 Å². The molecule has 1 aliphatic heterocycles. The highest BCUT2D eigenvalue weighted by atomic mass is 16.6. The van der Waals surface area contributed by atoms with Crippen LogP contribution in [0.3, 0.4) is 0 Å². The number of amides is 1. The molecule has 8 heteroatoms. The predicted molar refractivity (Wildman–Crippen MR) is 128 cm³/mol. The molecule has 0 spiro atoms. The van der Waals surface area contributed by atoms with Crippen molar-refractivity contribution in [3.05, 3.63) is 77.9 Å². The molecule has 1 saturated heterocycles. The molecule has 35 heavy (non-hydrogen) atoms. The van der Waals surface area contributed by atoms with E-state index in [2.05, 4.69) is 6.58 Å². The summed E-state index contributed by atoms with van der Waals surface area (Å²) in [4.78, 5) is 52.1. The van der Waals surface area contributed by atoms with E-state index in [0.29, 0.717) is 5.56 Å². The quantitative estimate of drug-likeness (QED) is 0.424. The van der Waals surface area contributed by atoms with Crippen molar-refractivity contribution in [2.24, 2.45) is 11.8 Å². The van der Waals surface area contributed by atoms with Crippen LogP contribution in [-0.4, -0.2) is 53.0 Å². The summed E-state index contributed by atoms with van der Waals surface area (Å²) >= 11 is 0. The van der Waals surface area contributed by atoms with Gasteiger partial charge in [0.1, 0.15) is 12.6 Å². The molecule has 0 aliphatic carbocycles. The molecule has 1 amide bonds. The Morgan fingerprint density at radius 1 is 1.00 bits per heavy atom. The van der Waals surface area contributed by atoms with Crippen molar-refractivity contribution >= 4 is 29.4 Å². The number of carboxylic acid groups (broad SMARTS) is 1. The Balaban J connectivity index is 1.90. The number of ether oxygens (including phenoxy) is 2. The number of esters is 1. The Morgan fingerprint density at radius 2 is 1.63 bits per heavy atom. The summed E-state index contributed by atoms with van der Waals surface area (Å²) in [6.07, 6.45) is -1.29. The van der Waals surface area contributed by atoms with E-state index >= 15 is 0 Å². The largest absolute Gasteiger partial charge is 0.481 e. The highest BCUT2D eigenvalue weighted by Gasteiger charge is 2.52. The molecule has 1 N–H and O–H groups in total. The molecule has 0 bridgehead atoms. The number of allylic oxidation sites excluding steroid dienone is 1. The number of rotatable bonds is 9. The van der Waals surface area contributed by atoms with Gasteiger partial charge in [-0.15, -0.1) is 0 Å². The lowest BCUT2D eigenvalue weighted by molar-refractivity contribution is -0.150. The fraction of sp³-hybridized carbons (Fsp3) is 0.333. The highest BCUT2D eigenvalue weighted by Crippen LogP contribution is 2.36. The Labute approximate surface area is 204 Å². The second-order valence-corrected chi connectivity index (χ2v) is 8.48. The summed E-state index contributed by atoms with van der Waals surface area (Å²) in [5.74, 6) is -4.18. The van der Waals surface area contributed by atoms with Gasteiger partial charge < -0.3 is 14.6 Å². The smallest absolute Gasteiger partial charge is 0.410 e. The Morgan fingerprint density at radius 3 is 2.20 bits per heavy atom. The lowest BCUT2D eigenvalue weighted by Crippen LogP contribution is -2.45. The molecule has 0 aromatic heterocycles. The summed E-state index contributed by atoms with van der Waals surface area (Å²) < 4.78 is 10.6. The number of hydrogen-bond acceptors (Lipinski definition) is 6. The van der Waals surface area contributed by atoms with Gasteiger partial charge in [-0.3, -0.25) is 14.5 Å². The van der Waals surface area contributed by atoms with Gasteiger partial charge >= 0.3 is 18.0 Å². The minimum atomic E-state index is -1.25. The van der Waals surface area contributed by atoms with Crippen molar-refractivity contribution in [1.29, 1.82) is 0 Å².